The molecule has 0 heterocycles. The quantitative estimate of drug-likeness (QED) is 0.873. The van der Waals surface area contributed by atoms with Crippen LogP contribution in [0.1, 0.15) is 32.6 Å². The molecule has 1 aliphatic rings. The van der Waals surface area contributed by atoms with Crippen molar-refractivity contribution in [2.24, 2.45) is 5.92 Å². The zero-order chi connectivity index (χ0) is 13.2. The van der Waals surface area contributed by atoms with Crippen LogP contribution in [0.25, 0.3) is 0 Å². The zero-order valence-electron chi connectivity index (χ0n) is 10.4. The predicted octanol–water partition coefficient (Wildman–Crippen LogP) is 3.79. The zero-order valence-corrected chi connectivity index (χ0v) is 11.2. The van der Waals surface area contributed by atoms with Gasteiger partial charge in [0.05, 0.1) is 0 Å². The average molecular weight is 268 g/mol. The monoisotopic (exact) mass is 267 g/mol. The van der Waals surface area contributed by atoms with Crippen molar-refractivity contribution in [2.45, 2.75) is 38.1 Å². The van der Waals surface area contributed by atoms with Gasteiger partial charge in [0.2, 0.25) is 0 Å². The molecular weight excluding hydrogens is 250 g/mol. The third-order valence-electron chi connectivity index (χ3n) is 3.81. The van der Waals surface area contributed by atoms with Crippen LogP contribution < -0.4 is 5.32 Å². The van der Waals surface area contributed by atoms with Crippen molar-refractivity contribution >= 4 is 23.3 Å². The summed E-state index contributed by atoms with van der Waals surface area (Å²) in [6.45, 7) is 2.11. The molecule has 98 valence electrons. The molecule has 0 aliphatic heterocycles. The summed E-state index contributed by atoms with van der Waals surface area (Å²) in [4.78, 5) is 11.6. The highest BCUT2D eigenvalue weighted by Crippen LogP contribution is 2.39. The molecule has 4 heteroatoms. The Labute approximate surface area is 112 Å². The van der Waals surface area contributed by atoms with Gasteiger partial charge >= 0.3 is 5.97 Å². The molecule has 2 atom stereocenters. The summed E-state index contributed by atoms with van der Waals surface area (Å²) in [7, 11) is 0. The first-order chi connectivity index (χ1) is 8.55. The molecule has 0 amide bonds. The lowest BCUT2D eigenvalue weighted by atomic mass is 9.94. The fourth-order valence-corrected chi connectivity index (χ4v) is 2.89. The molecule has 1 saturated carbocycles. The Morgan fingerprint density at radius 3 is 2.94 bits per heavy atom. The summed E-state index contributed by atoms with van der Waals surface area (Å²) in [6.07, 6.45) is 3.36. The topological polar surface area (TPSA) is 49.3 Å². The van der Waals surface area contributed by atoms with E-state index in [1.54, 1.807) is 12.1 Å². The highest BCUT2D eigenvalue weighted by Gasteiger charge is 2.44. The molecule has 0 saturated heterocycles. The lowest BCUT2D eigenvalue weighted by Crippen LogP contribution is -2.44. The first-order valence-corrected chi connectivity index (χ1v) is 6.71. The third-order valence-corrected chi connectivity index (χ3v) is 4.05. The number of anilines is 1. The Hall–Kier alpha value is -1.22. The van der Waals surface area contributed by atoms with Gasteiger partial charge in [-0.05, 0) is 43.4 Å². The number of halogens is 1. The number of benzene rings is 1. The first kappa shape index (κ1) is 13.2. The normalized spacial score (nSPS) is 27.1. The first-order valence-electron chi connectivity index (χ1n) is 6.33. The molecule has 2 unspecified atom stereocenters. The molecule has 2 rings (SSSR count). The van der Waals surface area contributed by atoms with Crippen LogP contribution in [0.2, 0.25) is 5.02 Å². The van der Waals surface area contributed by atoms with Crippen LogP contribution in [0.4, 0.5) is 5.69 Å². The number of carboxylic acid groups (broad SMARTS) is 1. The standard InChI is InChI=1S/C14H18ClNO2/c1-2-10-6-7-14(9-10,13(17)18)16-12-5-3-4-11(15)8-12/h3-5,8,10,16H,2,6-7,9H2,1H3,(H,17,18). The van der Waals surface area contributed by atoms with E-state index in [2.05, 4.69) is 12.2 Å². The Balaban J connectivity index is 2.20. The maximum absolute atomic E-state index is 11.6. The van der Waals surface area contributed by atoms with Gasteiger partial charge in [0.15, 0.2) is 0 Å². The summed E-state index contributed by atoms with van der Waals surface area (Å²) in [5.74, 6) is -0.272. The van der Waals surface area contributed by atoms with E-state index < -0.39 is 11.5 Å². The molecule has 1 fully saturated rings. The van der Waals surface area contributed by atoms with Crippen molar-refractivity contribution in [1.29, 1.82) is 0 Å². The third kappa shape index (κ3) is 2.61. The summed E-state index contributed by atoms with van der Waals surface area (Å²) in [5, 5.41) is 13.3. The Morgan fingerprint density at radius 2 is 2.39 bits per heavy atom. The van der Waals surface area contributed by atoms with E-state index in [-0.39, 0.29) is 0 Å². The molecule has 0 bridgehead atoms. The highest BCUT2D eigenvalue weighted by molar-refractivity contribution is 6.30. The van der Waals surface area contributed by atoms with Crippen molar-refractivity contribution < 1.29 is 9.90 Å². The van der Waals surface area contributed by atoms with Gasteiger partial charge < -0.3 is 10.4 Å². The van der Waals surface area contributed by atoms with E-state index >= 15 is 0 Å². The van der Waals surface area contributed by atoms with Gasteiger partial charge in [-0.1, -0.05) is 31.0 Å². The minimum absolute atomic E-state index is 0.493. The smallest absolute Gasteiger partial charge is 0.329 e. The summed E-state index contributed by atoms with van der Waals surface area (Å²) in [5.41, 5.74) is -0.0487. The van der Waals surface area contributed by atoms with Crippen molar-refractivity contribution in [3.63, 3.8) is 0 Å². The highest BCUT2D eigenvalue weighted by atomic mass is 35.5. The fourth-order valence-electron chi connectivity index (χ4n) is 2.70. The Morgan fingerprint density at radius 1 is 1.61 bits per heavy atom. The number of aliphatic carboxylic acids is 1. The van der Waals surface area contributed by atoms with E-state index in [1.807, 2.05) is 12.1 Å². The lowest BCUT2D eigenvalue weighted by molar-refractivity contribution is -0.142. The van der Waals surface area contributed by atoms with Crippen molar-refractivity contribution in [3.8, 4) is 0 Å². The molecule has 2 N–H and O–H groups in total. The minimum Gasteiger partial charge on any atom is -0.480 e. The van der Waals surface area contributed by atoms with Crippen LogP contribution in [0.5, 0.6) is 0 Å². The molecule has 1 aromatic rings. The van der Waals surface area contributed by atoms with Crippen LogP contribution in [-0.4, -0.2) is 16.6 Å². The Kier molecular flexibility index (Phi) is 3.81. The van der Waals surface area contributed by atoms with E-state index in [0.29, 0.717) is 23.8 Å². The molecule has 0 spiro atoms. The van der Waals surface area contributed by atoms with Gasteiger partial charge in [0.1, 0.15) is 5.54 Å². The number of hydrogen-bond acceptors (Lipinski definition) is 2. The SMILES string of the molecule is CCC1CCC(Nc2cccc(Cl)c2)(C(=O)O)C1. The molecule has 1 aromatic carbocycles. The van der Waals surface area contributed by atoms with Gasteiger partial charge in [-0.2, -0.15) is 0 Å². The maximum atomic E-state index is 11.6. The predicted molar refractivity (Wildman–Crippen MR) is 73.1 cm³/mol. The van der Waals surface area contributed by atoms with Crippen molar-refractivity contribution in [2.75, 3.05) is 5.32 Å². The van der Waals surface area contributed by atoms with Crippen LogP contribution >= 0.6 is 11.6 Å². The van der Waals surface area contributed by atoms with Gasteiger partial charge in [0.25, 0.3) is 0 Å². The van der Waals surface area contributed by atoms with Crippen LogP contribution in [0.15, 0.2) is 24.3 Å². The number of rotatable bonds is 4. The van der Waals surface area contributed by atoms with Crippen LogP contribution in [-0.2, 0) is 4.79 Å². The van der Waals surface area contributed by atoms with E-state index in [0.717, 1.165) is 18.5 Å². The van der Waals surface area contributed by atoms with Gasteiger partial charge in [0, 0.05) is 10.7 Å². The number of carboxylic acids is 1. The van der Waals surface area contributed by atoms with Gasteiger partial charge in [-0.25, -0.2) is 4.79 Å². The number of nitrogens with one attached hydrogen (secondary N) is 1. The Bertz CT molecular complexity index is 449. The number of hydrogen-bond donors (Lipinski definition) is 2. The molecule has 1 aliphatic carbocycles. The molecule has 18 heavy (non-hydrogen) atoms. The van der Waals surface area contributed by atoms with Crippen molar-refractivity contribution in [3.05, 3.63) is 29.3 Å². The summed E-state index contributed by atoms with van der Waals surface area (Å²) >= 11 is 5.92. The minimum atomic E-state index is -0.828. The number of carbonyl (C=O) groups is 1. The molecule has 3 nitrogen and oxygen atoms in total. The van der Waals surface area contributed by atoms with E-state index in [9.17, 15) is 9.90 Å². The average Bonchev–Trinajstić information content (AvgIpc) is 2.74. The van der Waals surface area contributed by atoms with Crippen LogP contribution in [0, 0.1) is 5.92 Å². The molecule has 0 radical (unpaired) electrons. The summed E-state index contributed by atoms with van der Waals surface area (Å²) < 4.78 is 0. The second-order valence-electron chi connectivity index (χ2n) is 5.04. The largest absolute Gasteiger partial charge is 0.480 e. The van der Waals surface area contributed by atoms with Crippen LogP contribution in [0.3, 0.4) is 0 Å². The van der Waals surface area contributed by atoms with Gasteiger partial charge in [-0.15, -0.1) is 0 Å². The second kappa shape index (κ2) is 5.19. The van der Waals surface area contributed by atoms with E-state index in [1.165, 1.54) is 0 Å². The van der Waals surface area contributed by atoms with E-state index in [4.69, 9.17) is 11.6 Å². The van der Waals surface area contributed by atoms with Gasteiger partial charge in [-0.3, -0.25) is 0 Å². The van der Waals surface area contributed by atoms with Crippen molar-refractivity contribution in [1.82, 2.24) is 0 Å². The lowest BCUT2D eigenvalue weighted by Gasteiger charge is -2.27. The maximum Gasteiger partial charge on any atom is 0.329 e. The molecular formula is C14H18ClNO2. The molecule has 0 aromatic heterocycles. The summed E-state index contributed by atoms with van der Waals surface area (Å²) in [6, 6.07) is 7.23. The second-order valence-corrected chi connectivity index (χ2v) is 5.48. The fraction of sp³-hybridized carbons (Fsp3) is 0.500.